The third kappa shape index (κ3) is 6.84. The van der Waals surface area contributed by atoms with E-state index in [1.807, 2.05) is 0 Å². The van der Waals surface area contributed by atoms with E-state index in [0.29, 0.717) is 18.5 Å². The SMILES string of the molecule is CC(C)(C)OC(=O)C(ONCCc1ccc(O)cc1)C(=O)c1ccccc1. The molecule has 2 aromatic carbocycles. The summed E-state index contributed by atoms with van der Waals surface area (Å²) in [5, 5.41) is 9.30. The summed E-state index contributed by atoms with van der Waals surface area (Å²) >= 11 is 0. The van der Waals surface area contributed by atoms with Gasteiger partial charge in [0.1, 0.15) is 11.4 Å². The molecular weight excluding hydrogens is 346 g/mol. The van der Waals surface area contributed by atoms with E-state index in [-0.39, 0.29) is 5.75 Å². The van der Waals surface area contributed by atoms with E-state index >= 15 is 0 Å². The number of hydrogen-bond acceptors (Lipinski definition) is 6. The molecule has 2 N–H and O–H groups in total. The number of carbonyl (C=O) groups excluding carboxylic acids is 2. The number of hydroxylamine groups is 1. The van der Waals surface area contributed by atoms with Gasteiger partial charge in [0.15, 0.2) is 0 Å². The van der Waals surface area contributed by atoms with Crippen LogP contribution in [-0.2, 0) is 20.8 Å². The molecule has 0 heterocycles. The van der Waals surface area contributed by atoms with E-state index < -0.39 is 23.5 Å². The van der Waals surface area contributed by atoms with E-state index in [0.717, 1.165) is 5.56 Å². The molecule has 2 rings (SSSR count). The normalized spacial score (nSPS) is 12.4. The number of phenols is 1. The number of nitrogens with one attached hydrogen (secondary N) is 1. The number of aromatic hydroxyl groups is 1. The van der Waals surface area contributed by atoms with Gasteiger partial charge >= 0.3 is 5.97 Å². The highest BCUT2D eigenvalue weighted by atomic mass is 16.7. The Labute approximate surface area is 159 Å². The minimum atomic E-state index is -1.40. The molecule has 0 saturated heterocycles. The molecule has 144 valence electrons. The second-order valence-corrected chi connectivity index (χ2v) is 7.07. The number of Topliss-reactive ketones (excluding diaryl/α,β-unsaturated/α-hetero) is 1. The molecule has 0 aliphatic rings. The molecule has 0 amide bonds. The van der Waals surface area contributed by atoms with Gasteiger partial charge < -0.3 is 9.84 Å². The van der Waals surface area contributed by atoms with Gasteiger partial charge in [-0.25, -0.2) is 10.3 Å². The van der Waals surface area contributed by atoms with E-state index in [9.17, 15) is 14.7 Å². The van der Waals surface area contributed by atoms with Crippen LogP contribution in [0.5, 0.6) is 5.75 Å². The first-order valence-electron chi connectivity index (χ1n) is 8.75. The molecule has 0 radical (unpaired) electrons. The topological polar surface area (TPSA) is 84.9 Å². The fraction of sp³-hybridized carbons (Fsp3) is 0.333. The standard InChI is InChI=1S/C21H25NO5/c1-21(2,3)26-20(25)19(18(24)16-7-5-4-6-8-16)27-22-14-13-15-9-11-17(23)12-10-15/h4-12,19,22-23H,13-14H2,1-3H3. The maximum atomic E-state index is 12.7. The van der Waals surface area contributed by atoms with Crippen LogP contribution in [0.15, 0.2) is 54.6 Å². The fourth-order valence-corrected chi connectivity index (χ4v) is 2.32. The molecule has 1 atom stereocenters. The first-order valence-corrected chi connectivity index (χ1v) is 8.75. The highest BCUT2D eigenvalue weighted by molar-refractivity contribution is 6.11. The van der Waals surface area contributed by atoms with Crippen molar-refractivity contribution in [1.82, 2.24) is 5.48 Å². The zero-order valence-electron chi connectivity index (χ0n) is 15.8. The maximum absolute atomic E-state index is 12.7. The number of ketones is 1. The second-order valence-electron chi connectivity index (χ2n) is 7.07. The average molecular weight is 371 g/mol. The van der Waals surface area contributed by atoms with Gasteiger partial charge in [-0.3, -0.25) is 9.63 Å². The van der Waals surface area contributed by atoms with Gasteiger partial charge in [0, 0.05) is 12.1 Å². The van der Waals surface area contributed by atoms with Crippen LogP contribution in [0, 0.1) is 0 Å². The monoisotopic (exact) mass is 371 g/mol. The number of benzene rings is 2. The highest BCUT2D eigenvalue weighted by Gasteiger charge is 2.33. The summed E-state index contributed by atoms with van der Waals surface area (Å²) in [5.41, 5.74) is 3.30. The lowest BCUT2D eigenvalue weighted by Crippen LogP contribution is -2.42. The Morgan fingerprint density at radius 2 is 1.67 bits per heavy atom. The van der Waals surface area contributed by atoms with Crippen molar-refractivity contribution in [3.8, 4) is 5.75 Å². The van der Waals surface area contributed by atoms with Gasteiger partial charge in [0.05, 0.1) is 0 Å². The number of esters is 1. The molecule has 0 aliphatic carbocycles. The first-order chi connectivity index (χ1) is 12.8. The molecule has 0 aromatic heterocycles. The molecule has 0 aliphatic heterocycles. The summed E-state index contributed by atoms with van der Waals surface area (Å²) in [4.78, 5) is 30.5. The van der Waals surface area contributed by atoms with Crippen molar-refractivity contribution in [2.75, 3.05) is 6.54 Å². The van der Waals surface area contributed by atoms with Crippen LogP contribution in [0.1, 0.15) is 36.7 Å². The summed E-state index contributed by atoms with van der Waals surface area (Å²) < 4.78 is 5.32. The van der Waals surface area contributed by atoms with Gasteiger partial charge in [-0.2, -0.15) is 0 Å². The Hall–Kier alpha value is -2.70. The molecule has 6 nitrogen and oxygen atoms in total. The summed E-state index contributed by atoms with van der Waals surface area (Å²) in [7, 11) is 0. The van der Waals surface area contributed by atoms with Crippen LogP contribution in [0.3, 0.4) is 0 Å². The Morgan fingerprint density at radius 3 is 2.26 bits per heavy atom. The lowest BCUT2D eigenvalue weighted by Gasteiger charge is -2.23. The van der Waals surface area contributed by atoms with Gasteiger partial charge in [-0.1, -0.05) is 42.5 Å². The number of hydrogen-bond donors (Lipinski definition) is 2. The highest BCUT2D eigenvalue weighted by Crippen LogP contribution is 2.14. The molecule has 0 saturated carbocycles. The van der Waals surface area contributed by atoms with E-state index in [2.05, 4.69) is 5.48 Å². The summed E-state index contributed by atoms with van der Waals surface area (Å²) in [5.74, 6) is -1.02. The van der Waals surface area contributed by atoms with Crippen LogP contribution in [0.25, 0.3) is 0 Å². The predicted octanol–water partition coefficient (Wildman–Crippen LogP) is 3.05. The number of ether oxygens (including phenoxy) is 1. The molecular formula is C21H25NO5. The number of rotatable bonds is 8. The zero-order chi connectivity index (χ0) is 19.9. The van der Waals surface area contributed by atoms with Gasteiger partial charge in [0.25, 0.3) is 0 Å². The predicted molar refractivity (Wildman–Crippen MR) is 101 cm³/mol. The van der Waals surface area contributed by atoms with Crippen LogP contribution in [0.2, 0.25) is 0 Å². The quantitative estimate of drug-likeness (QED) is 0.244. The number of carbonyl (C=O) groups is 2. The third-order valence-electron chi connectivity index (χ3n) is 3.57. The number of phenolic OH excluding ortho intramolecular Hbond substituents is 1. The molecule has 6 heteroatoms. The van der Waals surface area contributed by atoms with Crippen molar-refractivity contribution >= 4 is 11.8 Å². The molecule has 27 heavy (non-hydrogen) atoms. The second kappa shape index (κ2) is 9.30. The molecule has 0 bridgehead atoms. The Morgan fingerprint density at radius 1 is 1.04 bits per heavy atom. The van der Waals surface area contributed by atoms with Crippen molar-refractivity contribution in [3.63, 3.8) is 0 Å². The van der Waals surface area contributed by atoms with Gasteiger partial charge in [0.2, 0.25) is 11.9 Å². The third-order valence-corrected chi connectivity index (χ3v) is 3.57. The van der Waals surface area contributed by atoms with Crippen LogP contribution in [-0.4, -0.2) is 35.1 Å². The van der Waals surface area contributed by atoms with Crippen molar-refractivity contribution in [3.05, 3.63) is 65.7 Å². The fourth-order valence-electron chi connectivity index (χ4n) is 2.32. The summed E-state index contributed by atoms with van der Waals surface area (Å²) in [6.45, 7) is 5.57. The van der Waals surface area contributed by atoms with Gasteiger partial charge in [-0.05, 0) is 44.9 Å². The molecule has 2 aromatic rings. The van der Waals surface area contributed by atoms with E-state index in [4.69, 9.17) is 9.57 Å². The molecule has 1 unspecified atom stereocenters. The first kappa shape index (κ1) is 20.6. The largest absolute Gasteiger partial charge is 0.508 e. The Kier molecular flexibility index (Phi) is 7.10. The van der Waals surface area contributed by atoms with Crippen molar-refractivity contribution in [2.45, 2.75) is 38.9 Å². The average Bonchev–Trinajstić information content (AvgIpc) is 2.62. The molecule has 0 spiro atoms. The molecule has 0 fully saturated rings. The maximum Gasteiger partial charge on any atom is 0.346 e. The van der Waals surface area contributed by atoms with Crippen LogP contribution < -0.4 is 5.48 Å². The van der Waals surface area contributed by atoms with E-state index in [1.165, 1.54) is 0 Å². The zero-order valence-corrected chi connectivity index (χ0v) is 15.8. The van der Waals surface area contributed by atoms with E-state index in [1.54, 1.807) is 75.4 Å². The van der Waals surface area contributed by atoms with Crippen LogP contribution >= 0.6 is 0 Å². The Balaban J connectivity index is 1.99. The van der Waals surface area contributed by atoms with Crippen molar-refractivity contribution < 1.29 is 24.3 Å². The smallest absolute Gasteiger partial charge is 0.346 e. The Bertz CT molecular complexity index is 750. The summed E-state index contributed by atoms with van der Waals surface area (Å²) in [6, 6.07) is 15.2. The van der Waals surface area contributed by atoms with Crippen molar-refractivity contribution in [1.29, 1.82) is 0 Å². The minimum absolute atomic E-state index is 0.196. The lowest BCUT2D eigenvalue weighted by atomic mass is 10.1. The summed E-state index contributed by atoms with van der Waals surface area (Å²) in [6.07, 6.45) is -0.799. The van der Waals surface area contributed by atoms with Crippen LogP contribution in [0.4, 0.5) is 0 Å². The van der Waals surface area contributed by atoms with Crippen molar-refractivity contribution in [2.24, 2.45) is 0 Å². The minimum Gasteiger partial charge on any atom is -0.508 e. The lowest BCUT2D eigenvalue weighted by molar-refractivity contribution is -0.169. The van der Waals surface area contributed by atoms with Gasteiger partial charge in [-0.15, -0.1) is 0 Å².